The first-order valence-electron chi connectivity index (χ1n) is 9.31. The van der Waals surface area contributed by atoms with Gasteiger partial charge in [0.15, 0.2) is 0 Å². The summed E-state index contributed by atoms with van der Waals surface area (Å²) in [7, 11) is 0. The third-order valence-electron chi connectivity index (χ3n) is 7.69. The molecule has 2 saturated carbocycles. The van der Waals surface area contributed by atoms with Gasteiger partial charge in [0.2, 0.25) is 0 Å². The Kier molecular flexibility index (Phi) is 4.16. The minimum Gasteiger partial charge on any atom is -0.311 e. The highest BCUT2D eigenvalue weighted by atomic mass is 15.2. The molecular weight excluding hydrogens is 256 g/mol. The number of rotatable bonds is 3. The molecular formula is C19H36N2. The molecule has 1 heterocycles. The van der Waals surface area contributed by atoms with E-state index in [4.69, 9.17) is 0 Å². The van der Waals surface area contributed by atoms with E-state index in [1.54, 1.807) is 0 Å². The summed E-state index contributed by atoms with van der Waals surface area (Å²) in [5.41, 5.74) is 1.05. The van der Waals surface area contributed by atoms with Crippen molar-refractivity contribution in [3.8, 4) is 0 Å². The van der Waals surface area contributed by atoms with E-state index in [0.29, 0.717) is 16.9 Å². The summed E-state index contributed by atoms with van der Waals surface area (Å²) in [6.45, 7) is 16.0. The van der Waals surface area contributed by atoms with Crippen molar-refractivity contribution in [2.75, 3.05) is 19.6 Å². The van der Waals surface area contributed by atoms with Crippen molar-refractivity contribution in [1.82, 2.24) is 10.2 Å². The van der Waals surface area contributed by atoms with Crippen LogP contribution in [0.25, 0.3) is 0 Å². The highest BCUT2D eigenvalue weighted by Crippen LogP contribution is 2.68. The van der Waals surface area contributed by atoms with Crippen LogP contribution in [-0.2, 0) is 0 Å². The molecule has 0 aromatic rings. The van der Waals surface area contributed by atoms with Crippen molar-refractivity contribution in [2.24, 2.45) is 22.7 Å². The van der Waals surface area contributed by atoms with Gasteiger partial charge in [-0.2, -0.15) is 0 Å². The number of nitrogens with one attached hydrogen (secondary N) is 1. The van der Waals surface area contributed by atoms with E-state index in [-0.39, 0.29) is 0 Å². The normalized spacial score (nSPS) is 37.6. The second-order valence-electron chi connectivity index (χ2n) is 9.21. The molecule has 21 heavy (non-hydrogen) atoms. The molecule has 0 bridgehead atoms. The fourth-order valence-corrected chi connectivity index (χ4v) is 5.08. The molecule has 3 fully saturated rings. The Morgan fingerprint density at radius 3 is 2.19 bits per heavy atom. The second-order valence-corrected chi connectivity index (χ2v) is 9.21. The maximum Gasteiger partial charge on any atom is 0.0224 e. The topological polar surface area (TPSA) is 15.3 Å². The highest BCUT2D eigenvalue weighted by molar-refractivity contribution is 5.13. The molecule has 3 rings (SSSR count). The maximum absolute atomic E-state index is 3.86. The van der Waals surface area contributed by atoms with Gasteiger partial charge >= 0.3 is 0 Å². The van der Waals surface area contributed by atoms with Crippen molar-refractivity contribution < 1.29 is 0 Å². The Morgan fingerprint density at radius 1 is 1.00 bits per heavy atom. The van der Waals surface area contributed by atoms with Crippen molar-refractivity contribution in [2.45, 2.75) is 78.8 Å². The molecule has 0 amide bonds. The third kappa shape index (κ3) is 2.79. The van der Waals surface area contributed by atoms with Crippen LogP contribution in [0, 0.1) is 22.7 Å². The number of piperazine rings is 1. The first kappa shape index (κ1) is 15.8. The molecule has 2 unspecified atom stereocenters. The molecule has 1 N–H and O–H groups in total. The summed E-state index contributed by atoms with van der Waals surface area (Å²) in [5.74, 6) is 1.81. The van der Waals surface area contributed by atoms with Crippen LogP contribution in [0.1, 0.15) is 66.7 Å². The molecule has 122 valence electrons. The lowest BCUT2D eigenvalue weighted by Gasteiger charge is -2.43. The smallest absolute Gasteiger partial charge is 0.0224 e. The lowest BCUT2D eigenvalue weighted by molar-refractivity contribution is 0.0948. The van der Waals surface area contributed by atoms with Gasteiger partial charge in [0.1, 0.15) is 0 Å². The zero-order valence-corrected chi connectivity index (χ0v) is 14.9. The Hall–Kier alpha value is -0.0800. The average molecular weight is 293 g/mol. The second kappa shape index (κ2) is 5.53. The predicted molar refractivity (Wildman–Crippen MR) is 90.5 cm³/mol. The van der Waals surface area contributed by atoms with Gasteiger partial charge in [-0.25, -0.2) is 0 Å². The van der Waals surface area contributed by atoms with Gasteiger partial charge in [0.25, 0.3) is 0 Å². The molecule has 2 nitrogen and oxygen atoms in total. The summed E-state index contributed by atoms with van der Waals surface area (Å²) in [5, 5.41) is 3.86. The minimum atomic E-state index is 0.526. The fraction of sp³-hybridized carbons (Fsp3) is 1.00. The van der Waals surface area contributed by atoms with Gasteiger partial charge in [-0.3, -0.25) is 4.90 Å². The number of hydrogen-bond acceptors (Lipinski definition) is 2. The molecule has 1 saturated heterocycles. The van der Waals surface area contributed by atoms with Gasteiger partial charge in [0, 0.05) is 31.7 Å². The van der Waals surface area contributed by atoms with Gasteiger partial charge in [0.05, 0.1) is 0 Å². The van der Waals surface area contributed by atoms with Gasteiger partial charge in [-0.15, -0.1) is 0 Å². The van der Waals surface area contributed by atoms with Crippen molar-refractivity contribution >= 4 is 0 Å². The Balaban J connectivity index is 1.59. The molecule has 1 aliphatic heterocycles. The van der Waals surface area contributed by atoms with Crippen LogP contribution in [-0.4, -0.2) is 36.6 Å². The molecule has 2 heteroatoms. The van der Waals surface area contributed by atoms with E-state index < -0.39 is 0 Å². The van der Waals surface area contributed by atoms with Crippen molar-refractivity contribution in [3.05, 3.63) is 0 Å². The zero-order valence-electron chi connectivity index (χ0n) is 14.9. The average Bonchev–Trinajstić information content (AvgIpc) is 2.84. The monoisotopic (exact) mass is 292 g/mol. The first-order valence-corrected chi connectivity index (χ1v) is 9.31. The summed E-state index contributed by atoms with van der Waals surface area (Å²) < 4.78 is 0. The summed E-state index contributed by atoms with van der Waals surface area (Å²) >= 11 is 0. The molecule has 0 aromatic heterocycles. The molecule has 0 radical (unpaired) electrons. The van der Waals surface area contributed by atoms with Crippen LogP contribution < -0.4 is 5.32 Å². The lowest BCUT2D eigenvalue weighted by atomic mass is 9.82. The Bertz CT molecular complexity index is 354. The van der Waals surface area contributed by atoms with Crippen molar-refractivity contribution in [1.29, 1.82) is 0 Å². The zero-order chi connectivity index (χ0) is 15.3. The first-order chi connectivity index (χ1) is 9.84. The molecule has 2 atom stereocenters. The van der Waals surface area contributed by atoms with Crippen LogP contribution in [0.5, 0.6) is 0 Å². The van der Waals surface area contributed by atoms with Crippen LogP contribution >= 0.6 is 0 Å². The highest BCUT2D eigenvalue weighted by Gasteiger charge is 2.64. The predicted octanol–water partition coefficient (Wildman–Crippen LogP) is 3.91. The summed E-state index contributed by atoms with van der Waals surface area (Å²) in [4.78, 5) is 2.80. The third-order valence-corrected chi connectivity index (χ3v) is 7.69. The lowest BCUT2D eigenvalue weighted by Crippen LogP contribution is -2.58. The summed E-state index contributed by atoms with van der Waals surface area (Å²) in [6.07, 6.45) is 7.30. The SMILES string of the molecule is CC1CNC(C2CCCCC2)CN1CC1C(C)(C)C1(C)C. The Labute approximate surface area is 132 Å². The van der Waals surface area contributed by atoms with Crippen LogP contribution in [0.3, 0.4) is 0 Å². The van der Waals surface area contributed by atoms with Gasteiger partial charge < -0.3 is 5.32 Å². The van der Waals surface area contributed by atoms with E-state index in [2.05, 4.69) is 44.8 Å². The largest absolute Gasteiger partial charge is 0.311 e. The molecule has 0 spiro atoms. The van der Waals surface area contributed by atoms with E-state index >= 15 is 0 Å². The standard InChI is InChI=1S/C19H36N2/c1-14-11-20-16(15-9-7-6-8-10-15)12-21(14)13-17-18(2,3)19(17,4)5/h14-17,20H,6-13H2,1-5H3. The maximum atomic E-state index is 3.86. The van der Waals surface area contributed by atoms with E-state index in [9.17, 15) is 0 Å². The van der Waals surface area contributed by atoms with Gasteiger partial charge in [-0.05, 0) is 42.4 Å². The van der Waals surface area contributed by atoms with Crippen LogP contribution in [0.2, 0.25) is 0 Å². The van der Waals surface area contributed by atoms with E-state index in [0.717, 1.165) is 17.9 Å². The minimum absolute atomic E-state index is 0.526. The molecule has 3 aliphatic rings. The molecule has 0 aromatic carbocycles. The van der Waals surface area contributed by atoms with E-state index in [1.165, 1.54) is 51.7 Å². The van der Waals surface area contributed by atoms with Crippen LogP contribution in [0.15, 0.2) is 0 Å². The fourth-order valence-electron chi connectivity index (χ4n) is 5.08. The van der Waals surface area contributed by atoms with Gasteiger partial charge in [-0.1, -0.05) is 47.0 Å². The van der Waals surface area contributed by atoms with Crippen molar-refractivity contribution in [3.63, 3.8) is 0 Å². The quantitative estimate of drug-likeness (QED) is 0.848. The van der Waals surface area contributed by atoms with Crippen LogP contribution in [0.4, 0.5) is 0 Å². The molecule has 2 aliphatic carbocycles. The Morgan fingerprint density at radius 2 is 1.62 bits per heavy atom. The number of hydrogen-bond donors (Lipinski definition) is 1. The summed E-state index contributed by atoms with van der Waals surface area (Å²) in [6, 6.07) is 1.46. The number of nitrogens with zero attached hydrogens (tertiary/aromatic N) is 1. The van der Waals surface area contributed by atoms with E-state index in [1.807, 2.05) is 0 Å².